The predicted molar refractivity (Wildman–Crippen MR) is 73.6 cm³/mol. The summed E-state index contributed by atoms with van der Waals surface area (Å²) in [4.78, 5) is 7.99. The van der Waals surface area contributed by atoms with Crippen molar-refractivity contribution in [3.63, 3.8) is 0 Å². The number of nitrogens with zero attached hydrogens (tertiary/aromatic N) is 2. The first-order valence-electron chi connectivity index (χ1n) is 5.79. The van der Waals surface area contributed by atoms with E-state index in [-0.39, 0.29) is 11.1 Å². The van der Waals surface area contributed by atoms with Gasteiger partial charge in [-0.2, -0.15) is 0 Å². The van der Waals surface area contributed by atoms with Crippen molar-refractivity contribution in [3.05, 3.63) is 48.4 Å². The maximum absolute atomic E-state index is 11.3. The van der Waals surface area contributed by atoms with Gasteiger partial charge in [0.15, 0.2) is 14.9 Å². The molecule has 0 aliphatic rings. The largest absolute Gasteiger partial charge is 0.377 e. The van der Waals surface area contributed by atoms with Crippen LogP contribution in [0.15, 0.2) is 47.9 Å². The summed E-state index contributed by atoms with van der Waals surface area (Å²) in [6, 6.07) is 7.12. The third-order valence-corrected chi connectivity index (χ3v) is 3.69. The van der Waals surface area contributed by atoms with E-state index in [9.17, 15) is 8.42 Å². The van der Waals surface area contributed by atoms with Crippen molar-refractivity contribution in [2.45, 2.75) is 18.0 Å². The van der Waals surface area contributed by atoms with Crippen LogP contribution in [0.1, 0.15) is 18.5 Å². The van der Waals surface area contributed by atoms with Gasteiger partial charge in [-0.05, 0) is 30.7 Å². The van der Waals surface area contributed by atoms with Crippen molar-refractivity contribution in [1.29, 1.82) is 0 Å². The van der Waals surface area contributed by atoms with Gasteiger partial charge in [0.05, 0.1) is 17.9 Å². The molecule has 1 unspecified atom stereocenters. The van der Waals surface area contributed by atoms with Crippen LogP contribution in [0, 0.1) is 0 Å². The lowest BCUT2D eigenvalue weighted by Crippen LogP contribution is -2.08. The average molecular weight is 277 g/mol. The van der Waals surface area contributed by atoms with E-state index >= 15 is 0 Å². The highest BCUT2D eigenvalue weighted by Crippen LogP contribution is 2.18. The molecule has 2 aromatic rings. The summed E-state index contributed by atoms with van der Waals surface area (Å²) in [6.07, 6.45) is 6.17. The summed E-state index contributed by atoms with van der Waals surface area (Å²) >= 11 is 0. The third kappa shape index (κ3) is 3.51. The molecule has 1 atom stereocenters. The highest BCUT2D eigenvalue weighted by molar-refractivity contribution is 7.90. The smallest absolute Gasteiger partial charge is 0.192 e. The van der Waals surface area contributed by atoms with Gasteiger partial charge in [-0.3, -0.25) is 4.98 Å². The van der Waals surface area contributed by atoms with E-state index < -0.39 is 9.84 Å². The Kier molecular flexibility index (Phi) is 3.80. The molecule has 2 heterocycles. The number of nitrogens with one attached hydrogen (secondary N) is 1. The van der Waals surface area contributed by atoms with Gasteiger partial charge in [-0.1, -0.05) is 6.07 Å². The fraction of sp³-hybridized carbons (Fsp3) is 0.231. The molecule has 6 heteroatoms. The normalized spacial score (nSPS) is 12.9. The van der Waals surface area contributed by atoms with E-state index in [0.717, 1.165) is 17.5 Å². The Morgan fingerprint density at radius 2 is 2.00 bits per heavy atom. The molecule has 0 bridgehead atoms. The Morgan fingerprint density at radius 3 is 2.53 bits per heavy atom. The monoisotopic (exact) mass is 277 g/mol. The molecule has 0 spiro atoms. The summed E-state index contributed by atoms with van der Waals surface area (Å²) in [5.74, 6) is 0. The van der Waals surface area contributed by atoms with Crippen LogP contribution >= 0.6 is 0 Å². The van der Waals surface area contributed by atoms with Crippen LogP contribution in [0.4, 0.5) is 5.69 Å². The number of sulfone groups is 1. The van der Waals surface area contributed by atoms with Crippen LogP contribution in [0.25, 0.3) is 0 Å². The molecular weight excluding hydrogens is 262 g/mol. The van der Waals surface area contributed by atoms with E-state index in [1.54, 1.807) is 18.5 Å². The van der Waals surface area contributed by atoms with Gasteiger partial charge < -0.3 is 5.32 Å². The molecule has 0 fully saturated rings. The molecule has 0 amide bonds. The summed E-state index contributed by atoms with van der Waals surface area (Å²) in [7, 11) is -3.25. The second kappa shape index (κ2) is 5.36. The molecule has 0 aliphatic carbocycles. The lowest BCUT2D eigenvalue weighted by Gasteiger charge is -2.15. The molecule has 0 saturated carbocycles. The van der Waals surface area contributed by atoms with Crippen molar-refractivity contribution < 1.29 is 8.42 Å². The molecule has 2 rings (SSSR count). The van der Waals surface area contributed by atoms with E-state index in [0.29, 0.717) is 0 Å². The van der Waals surface area contributed by atoms with Crippen LogP contribution in [0.2, 0.25) is 0 Å². The predicted octanol–water partition coefficient (Wildman–Crippen LogP) is 2.05. The van der Waals surface area contributed by atoms with E-state index in [1.165, 1.54) is 12.3 Å². The minimum absolute atomic E-state index is 0.0691. The molecule has 5 nitrogen and oxygen atoms in total. The maximum atomic E-state index is 11.3. The fourth-order valence-corrected chi connectivity index (χ4v) is 2.21. The summed E-state index contributed by atoms with van der Waals surface area (Å²) in [6.45, 7) is 2.00. The van der Waals surface area contributed by atoms with Crippen molar-refractivity contribution >= 4 is 15.5 Å². The van der Waals surface area contributed by atoms with Gasteiger partial charge in [-0.25, -0.2) is 13.4 Å². The molecule has 0 aromatic carbocycles. The Hall–Kier alpha value is -1.95. The summed E-state index contributed by atoms with van der Waals surface area (Å²) in [5, 5.41) is 3.32. The van der Waals surface area contributed by atoms with Crippen LogP contribution < -0.4 is 5.32 Å². The lowest BCUT2D eigenvalue weighted by atomic mass is 10.1. The number of aromatic nitrogens is 2. The maximum Gasteiger partial charge on any atom is 0.192 e. The molecule has 0 saturated heterocycles. The van der Waals surface area contributed by atoms with Crippen LogP contribution in [-0.2, 0) is 9.84 Å². The number of hydrogen-bond acceptors (Lipinski definition) is 5. The highest BCUT2D eigenvalue weighted by Gasteiger charge is 2.09. The van der Waals surface area contributed by atoms with Crippen molar-refractivity contribution in [2.75, 3.05) is 11.6 Å². The first-order valence-corrected chi connectivity index (χ1v) is 7.68. The number of rotatable bonds is 4. The fourth-order valence-electron chi connectivity index (χ4n) is 1.65. The number of pyridine rings is 2. The average Bonchev–Trinajstić information content (AvgIpc) is 2.39. The lowest BCUT2D eigenvalue weighted by molar-refractivity contribution is 0.598. The zero-order valence-electron chi connectivity index (χ0n) is 10.7. The summed E-state index contributed by atoms with van der Waals surface area (Å²) < 4.78 is 22.6. The molecule has 0 aliphatic heterocycles. The molecule has 100 valence electrons. The van der Waals surface area contributed by atoms with Gasteiger partial charge in [0, 0.05) is 18.6 Å². The standard InChI is InChI=1S/C13H15N3O2S/c1-10(11-4-3-7-14-8-11)16-12-5-6-13(15-9-12)19(2,17)18/h3-10,16H,1-2H3. The Labute approximate surface area is 112 Å². The van der Waals surface area contributed by atoms with Crippen LogP contribution in [0.3, 0.4) is 0 Å². The Bertz CT molecular complexity index is 639. The van der Waals surface area contributed by atoms with Crippen molar-refractivity contribution in [2.24, 2.45) is 0 Å². The molecule has 0 radical (unpaired) electrons. The van der Waals surface area contributed by atoms with Crippen LogP contribution in [-0.4, -0.2) is 24.6 Å². The van der Waals surface area contributed by atoms with Crippen LogP contribution in [0.5, 0.6) is 0 Å². The van der Waals surface area contributed by atoms with Crippen molar-refractivity contribution in [3.8, 4) is 0 Å². The van der Waals surface area contributed by atoms with E-state index in [4.69, 9.17) is 0 Å². The topological polar surface area (TPSA) is 72.0 Å². The first kappa shape index (κ1) is 13.5. The summed E-state index contributed by atoms with van der Waals surface area (Å²) in [5.41, 5.74) is 1.82. The molecule has 19 heavy (non-hydrogen) atoms. The Balaban J connectivity index is 2.12. The van der Waals surface area contributed by atoms with Gasteiger partial charge >= 0.3 is 0 Å². The first-order chi connectivity index (χ1) is 8.97. The van der Waals surface area contributed by atoms with E-state index in [1.807, 2.05) is 19.1 Å². The number of anilines is 1. The second-order valence-corrected chi connectivity index (χ2v) is 6.27. The van der Waals surface area contributed by atoms with Gasteiger partial charge in [0.25, 0.3) is 0 Å². The molecule has 1 N–H and O–H groups in total. The van der Waals surface area contributed by atoms with Gasteiger partial charge in [0.2, 0.25) is 0 Å². The third-order valence-electron chi connectivity index (χ3n) is 2.68. The SMILES string of the molecule is CC(Nc1ccc(S(C)(=O)=O)nc1)c1cccnc1. The minimum atomic E-state index is -3.25. The zero-order chi connectivity index (χ0) is 13.9. The Morgan fingerprint density at radius 1 is 1.21 bits per heavy atom. The zero-order valence-corrected chi connectivity index (χ0v) is 11.6. The highest BCUT2D eigenvalue weighted by atomic mass is 32.2. The van der Waals surface area contributed by atoms with Crippen molar-refractivity contribution in [1.82, 2.24) is 9.97 Å². The van der Waals surface area contributed by atoms with E-state index in [2.05, 4.69) is 15.3 Å². The number of hydrogen-bond donors (Lipinski definition) is 1. The quantitative estimate of drug-likeness (QED) is 0.926. The molecule has 2 aromatic heterocycles. The van der Waals surface area contributed by atoms with Gasteiger partial charge in [0.1, 0.15) is 0 Å². The van der Waals surface area contributed by atoms with Gasteiger partial charge in [-0.15, -0.1) is 0 Å². The molecular formula is C13H15N3O2S. The minimum Gasteiger partial charge on any atom is -0.377 e. The second-order valence-electron chi connectivity index (χ2n) is 4.31.